The number of unbranched alkanes of at least 4 members (excludes halogenated alkanes) is 1. The third-order valence-electron chi connectivity index (χ3n) is 12.7. The first kappa shape index (κ1) is 59.7. The van der Waals surface area contributed by atoms with E-state index in [1.54, 1.807) is 32.9 Å². The molecule has 0 saturated heterocycles. The molecule has 1 aliphatic carbocycles. The van der Waals surface area contributed by atoms with E-state index in [1.807, 2.05) is 12.1 Å². The number of guanidine groups is 1. The second-order valence-electron chi connectivity index (χ2n) is 19.6. The highest BCUT2D eigenvalue weighted by Crippen LogP contribution is 2.37. The molecule has 0 radical (unpaired) electrons. The smallest absolute Gasteiger partial charge is 0.326 e. The molecule has 2 aliphatic rings. The van der Waals surface area contributed by atoms with Gasteiger partial charge in [-0.05, 0) is 88.2 Å². The quantitative estimate of drug-likeness (QED) is 0.0339. The fourth-order valence-electron chi connectivity index (χ4n) is 8.57. The Kier molecular flexibility index (Phi) is 22.8. The largest absolute Gasteiger partial charge is 0.481 e. The molecular weight excluding hydrogens is 977 g/mol. The molecular formula is C50H72N12O13. The molecule has 0 spiro atoms. The number of para-hydroxylation sites is 2. The predicted molar refractivity (Wildman–Crippen MR) is 276 cm³/mol. The van der Waals surface area contributed by atoms with Gasteiger partial charge in [0.2, 0.25) is 17.7 Å². The molecule has 15 N–H and O–H groups in total. The van der Waals surface area contributed by atoms with Gasteiger partial charge < -0.3 is 74.2 Å². The van der Waals surface area contributed by atoms with Crippen LogP contribution in [-0.2, 0) is 38.4 Å². The van der Waals surface area contributed by atoms with Crippen molar-refractivity contribution < 1.29 is 63.3 Å². The van der Waals surface area contributed by atoms with Gasteiger partial charge in [0.1, 0.15) is 30.2 Å². The van der Waals surface area contributed by atoms with Crippen molar-refractivity contribution in [3.63, 3.8) is 0 Å². The fraction of sp³-hybridized carbons (Fsp3) is 0.540. The number of carboxylic acid groups (broad SMARTS) is 3. The van der Waals surface area contributed by atoms with Crippen molar-refractivity contribution >= 4 is 82.3 Å². The lowest BCUT2D eigenvalue weighted by Crippen LogP contribution is -2.58. The number of carbonyl (C=O) groups is 10. The maximum absolute atomic E-state index is 14.5. The molecule has 1 fully saturated rings. The number of amides is 7. The summed E-state index contributed by atoms with van der Waals surface area (Å²) < 4.78 is 0. The van der Waals surface area contributed by atoms with Gasteiger partial charge in [0, 0.05) is 42.2 Å². The van der Waals surface area contributed by atoms with Gasteiger partial charge in [-0.25, -0.2) is 9.59 Å². The summed E-state index contributed by atoms with van der Waals surface area (Å²) in [5.74, 6) is -9.44. The standard InChI is InChI=1S/C50H72N12O13/c1-50(2,3)39(63)28-62-38-20-8-7-19-37(38)61(31-15-5-4-6-16-31)27-36(46(62)72)60-49(75)55-30-14-11-13-29(25-30)42(68)56-33(21-22-40(64)65)44(70)57-32(18-12-24-54-48(52)53)43(69)59-35(26-41(66)67)45(71)58-34(47(73)74)17-9-10-23-51/h7-8,11,13-14,19-20,25,31-36H,4-6,9-10,12,15-18,21-24,26-28,51H2,1-3H3,(H,56,68)(H,57,70)(H,58,71)(H,59,69)(H,64,65)(H,66,67)(H,73,74)(H4,52,53,54)(H2,55,60,75)/t32-,33-,34-,35+,36+/m0/s1. The number of fused-ring (bicyclic) bond motifs is 1. The van der Waals surface area contributed by atoms with Gasteiger partial charge in [0.15, 0.2) is 11.7 Å². The Labute approximate surface area is 434 Å². The predicted octanol–water partition coefficient (Wildman–Crippen LogP) is 1.14. The Morgan fingerprint density at radius 3 is 1.96 bits per heavy atom. The van der Waals surface area contributed by atoms with E-state index < -0.39 is 108 Å². The van der Waals surface area contributed by atoms with E-state index in [2.05, 4.69) is 41.8 Å². The van der Waals surface area contributed by atoms with Crippen LogP contribution >= 0.6 is 0 Å². The van der Waals surface area contributed by atoms with Crippen LogP contribution in [0.3, 0.4) is 0 Å². The topological polar surface area (TPSA) is 400 Å². The Morgan fingerprint density at radius 2 is 1.35 bits per heavy atom. The second-order valence-corrected chi connectivity index (χ2v) is 19.6. The van der Waals surface area contributed by atoms with Crippen LogP contribution in [0.1, 0.15) is 115 Å². The van der Waals surface area contributed by atoms with E-state index >= 15 is 0 Å². The van der Waals surface area contributed by atoms with Crippen LogP contribution in [-0.4, -0.2) is 143 Å². The molecule has 5 atom stereocenters. The zero-order valence-electron chi connectivity index (χ0n) is 42.6. The van der Waals surface area contributed by atoms with Crippen molar-refractivity contribution in [3.05, 3.63) is 54.1 Å². The maximum atomic E-state index is 14.5. The van der Waals surface area contributed by atoms with Gasteiger partial charge in [0.25, 0.3) is 11.8 Å². The van der Waals surface area contributed by atoms with E-state index in [-0.39, 0.29) is 74.5 Å². The first-order valence-corrected chi connectivity index (χ1v) is 25.0. The molecule has 0 unspecified atom stereocenters. The van der Waals surface area contributed by atoms with Gasteiger partial charge in [-0.1, -0.05) is 58.2 Å². The minimum absolute atomic E-state index is 0.0320. The number of nitrogens with one attached hydrogen (secondary N) is 6. The lowest BCUT2D eigenvalue weighted by molar-refractivity contribution is -0.144. The molecule has 1 saturated carbocycles. The number of nitrogens with two attached hydrogens (primary N) is 3. The van der Waals surface area contributed by atoms with Crippen molar-refractivity contribution in [3.8, 4) is 0 Å². The highest BCUT2D eigenvalue weighted by molar-refractivity contribution is 6.08. The van der Waals surface area contributed by atoms with Crippen molar-refractivity contribution in [2.75, 3.05) is 41.3 Å². The number of aliphatic carboxylic acids is 3. The number of nitrogens with zero attached hydrogens (tertiary/aromatic N) is 3. The van der Waals surface area contributed by atoms with Crippen LogP contribution < -0.4 is 58.9 Å². The highest BCUT2D eigenvalue weighted by atomic mass is 16.4. The van der Waals surface area contributed by atoms with Crippen LogP contribution in [0.4, 0.5) is 21.9 Å². The number of hydrogen-bond acceptors (Lipinski definition) is 13. The summed E-state index contributed by atoms with van der Waals surface area (Å²) in [6.07, 6.45) is 3.20. The molecule has 410 valence electrons. The number of urea groups is 1. The molecule has 25 nitrogen and oxygen atoms in total. The number of hydrogen-bond donors (Lipinski definition) is 12. The Balaban J connectivity index is 1.55. The summed E-state index contributed by atoms with van der Waals surface area (Å²) in [5.41, 5.74) is 16.9. The number of carbonyl (C=O) groups excluding carboxylic acids is 7. The Hall–Kier alpha value is -7.83. The van der Waals surface area contributed by atoms with Gasteiger partial charge in [-0.2, -0.15) is 0 Å². The maximum Gasteiger partial charge on any atom is 0.326 e. The summed E-state index contributed by atoms with van der Waals surface area (Å²) in [7, 11) is 0. The van der Waals surface area contributed by atoms with Crippen LogP contribution in [0.5, 0.6) is 0 Å². The number of benzene rings is 2. The summed E-state index contributed by atoms with van der Waals surface area (Å²) in [5, 5.41) is 43.7. The average molecular weight is 1050 g/mol. The molecule has 25 heteroatoms. The molecule has 2 aromatic rings. The minimum atomic E-state index is -1.83. The number of carboxylic acids is 3. The van der Waals surface area contributed by atoms with E-state index in [1.165, 1.54) is 29.2 Å². The first-order chi connectivity index (χ1) is 35.5. The molecule has 7 amide bonds. The zero-order valence-corrected chi connectivity index (χ0v) is 42.6. The van der Waals surface area contributed by atoms with E-state index in [9.17, 15) is 63.3 Å². The van der Waals surface area contributed by atoms with Crippen LogP contribution in [0.2, 0.25) is 0 Å². The van der Waals surface area contributed by atoms with Crippen molar-refractivity contribution in [1.29, 1.82) is 0 Å². The van der Waals surface area contributed by atoms with Crippen LogP contribution in [0, 0.1) is 5.41 Å². The molecule has 75 heavy (non-hydrogen) atoms. The molecule has 1 heterocycles. The monoisotopic (exact) mass is 1050 g/mol. The third kappa shape index (κ3) is 18.9. The van der Waals surface area contributed by atoms with Crippen LogP contribution in [0.25, 0.3) is 0 Å². The summed E-state index contributed by atoms with van der Waals surface area (Å²) in [4.78, 5) is 139. The highest BCUT2D eigenvalue weighted by Gasteiger charge is 2.40. The average Bonchev–Trinajstić information content (AvgIpc) is 3.45. The molecule has 0 bridgehead atoms. The van der Waals surface area contributed by atoms with Crippen LogP contribution in [0.15, 0.2) is 53.5 Å². The molecule has 0 aromatic heterocycles. The van der Waals surface area contributed by atoms with Gasteiger partial charge in [-0.3, -0.25) is 43.3 Å². The number of anilines is 3. The molecule has 4 rings (SSSR count). The lowest BCUT2D eigenvalue weighted by atomic mass is 9.90. The molecule has 2 aromatic carbocycles. The summed E-state index contributed by atoms with van der Waals surface area (Å²) in [6.45, 7) is 5.38. The number of rotatable bonds is 27. The van der Waals surface area contributed by atoms with E-state index in [0.717, 1.165) is 37.8 Å². The van der Waals surface area contributed by atoms with Gasteiger partial charge in [0.05, 0.1) is 24.3 Å². The van der Waals surface area contributed by atoms with Crippen molar-refractivity contribution in [1.82, 2.24) is 26.6 Å². The second kappa shape index (κ2) is 28.6. The SMILES string of the molecule is CC(C)(C)C(=O)CN1C(=O)[C@H](NC(=O)Nc2cccc(C(=O)N[C@@H](CCC(=O)O)C(=O)N[C@@H](CCCN=C(N)N)C(=O)N[C@H](CC(=O)O)C(=O)N[C@@H](CCCCN)C(=O)O)c2)CN(C2CCCCC2)c2ccccc21. The van der Waals surface area contributed by atoms with Crippen molar-refractivity contribution in [2.45, 2.75) is 140 Å². The fourth-order valence-corrected chi connectivity index (χ4v) is 8.57. The minimum Gasteiger partial charge on any atom is -0.481 e. The first-order valence-electron chi connectivity index (χ1n) is 25.0. The van der Waals surface area contributed by atoms with Crippen molar-refractivity contribution in [2.24, 2.45) is 27.6 Å². The van der Waals surface area contributed by atoms with Gasteiger partial charge in [-0.15, -0.1) is 0 Å². The summed E-state index contributed by atoms with van der Waals surface area (Å²) >= 11 is 0. The van der Waals surface area contributed by atoms with Gasteiger partial charge >= 0.3 is 23.9 Å². The lowest BCUT2D eigenvalue weighted by Gasteiger charge is -2.37. The summed E-state index contributed by atoms with van der Waals surface area (Å²) in [6, 6.07) is 4.55. The zero-order chi connectivity index (χ0) is 55.4. The number of ketones is 1. The Morgan fingerprint density at radius 1 is 0.733 bits per heavy atom. The normalized spacial score (nSPS) is 16.3. The number of aliphatic imine (C=N–C) groups is 1. The van der Waals surface area contributed by atoms with E-state index in [4.69, 9.17) is 17.2 Å². The van der Waals surface area contributed by atoms with E-state index in [0.29, 0.717) is 18.5 Å². The molecule has 1 aliphatic heterocycles. The number of Topliss-reactive ketones (excluding diaryl/α,β-unsaturated/α-hetero) is 1. The third-order valence-corrected chi connectivity index (χ3v) is 12.7. The Bertz CT molecular complexity index is 2420.